The topological polar surface area (TPSA) is 190 Å². The number of carbonyl (C=O) groups excluding carboxylic acids is 5. The molecule has 4 aliphatic heterocycles. The summed E-state index contributed by atoms with van der Waals surface area (Å²) in [6, 6.07) is 40.4. The van der Waals surface area contributed by atoms with Crippen molar-refractivity contribution < 1.29 is 67.3 Å². The lowest BCUT2D eigenvalue weighted by molar-refractivity contribution is -0.152. The highest BCUT2D eigenvalue weighted by atomic mass is 16.6. The number of benzene rings is 7. The maximum absolute atomic E-state index is 12.8. The van der Waals surface area contributed by atoms with Crippen LogP contribution in [-0.2, 0) is 46.2 Å². The molecule has 7 aromatic carbocycles. The Labute approximate surface area is 868 Å². The van der Waals surface area contributed by atoms with Crippen molar-refractivity contribution in [3.05, 3.63) is 229 Å². The fourth-order valence-corrected chi connectivity index (χ4v) is 27.4. The summed E-state index contributed by atoms with van der Waals surface area (Å²) in [6.45, 7) is 48.7. The average Bonchev–Trinajstić information content (AvgIpc) is 1.57. The van der Waals surface area contributed by atoms with Gasteiger partial charge in [-0.3, -0.25) is 14.4 Å². The molecule has 2 spiro atoms. The number of phenolic OH excluding ortho intramolecular Hbond substituents is 2. The fourth-order valence-electron chi connectivity index (χ4n) is 27.4. The lowest BCUT2D eigenvalue weighted by Gasteiger charge is -2.58. The van der Waals surface area contributed by atoms with E-state index in [1.807, 2.05) is 133 Å². The van der Waals surface area contributed by atoms with Gasteiger partial charge in [-0.15, -0.1) is 0 Å². The van der Waals surface area contributed by atoms with Crippen LogP contribution in [0.4, 0.5) is 0 Å². The lowest BCUT2D eigenvalue weighted by Crippen LogP contribution is -2.51. The zero-order valence-electron chi connectivity index (χ0n) is 85.8. The SMILES string of the molecule is C.C.C.C.C.C.C.C.CC.CCC.CCC(=O)CCC(=O)O[C@H]1CC[C@@]2(C)C(=CC[C@H]3[C@H]4CC[C@@H]([C@H](C)CCCC(C)C)[C@@]4(C)CC[C@@H]32)C1.CCO[C@H]1CC[C@@]2(C)C(=CC[C@H]3[C@H]4CC[C@@H]([C@H](C)CCCC(C)C)[C@@]4(C)CC[C@@H]32)C1.CCOc1cccc(C)c1C=O.CCc1ccc2c(c1)C(=O)OC21c2ccc(C)cc2Oc2cc(O)ccc21.Cc1ccc2c(c1)Oc1cc(O)ccc1C21OC(=O)c2ccccc21. The Kier molecular flexibility index (Phi) is 46.4. The number of aryl methyl sites for hydroxylation is 4. The highest BCUT2D eigenvalue weighted by Crippen LogP contribution is 2.70. The summed E-state index contributed by atoms with van der Waals surface area (Å²) >= 11 is 0. The van der Waals surface area contributed by atoms with Gasteiger partial charge in [-0.2, -0.15) is 0 Å². The molecule has 4 heterocycles. The monoisotopic (exact) mass is 1970 g/mol. The Morgan fingerprint density at radius 1 is 0.469 bits per heavy atom. The highest BCUT2D eigenvalue weighted by molar-refractivity contribution is 5.98. The summed E-state index contributed by atoms with van der Waals surface area (Å²) < 4.78 is 41.4. The van der Waals surface area contributed by atoms with E-state index >= 15 is 0 Å². The van der Waals surface area contributed by atoms with Crippen molar-refractivity contribution >= 4 is 30.0 Å². The number of carbonyl (C=O) groups is 5. The Balaban J connectivity index is 0.000000314. The second-order valence-corrected chi connectivity index (χ2v) is 43.4. The standard InChI is InChI=1S/C33H54O3.C29H50O.C23H18O4.C21H14O4.C10H12O2.C3H8.C2H6.8CH4/c1-7-25(34)12-16-31(35)36-26-17-19-32(5)24(21-26)11-13-27-29-15-14-28(23(4)10-8-9-22(2)3)33(29,6)20-18-30(27)32;1-7-30-23-15-17-28(5)22(19-23)11-12-24-26-14-13-25(21(4)10-8-9-20(2)3)29(26,6)18-16-27(24)28;1-3-14-5-8-17-16(11-14)22(25)27-23(17)18-7-4-13(2)10-20(18)26-21-12-15(24)6-9-19(21)23;1-12-6-8-16-18(10-12)24-19-11-13(22)7-9-17(19)21(16)15-5-3-2-4-14(15)20(23)25-21;1-3-12-10-6-4-5-8(2)9(10)7-11;1-3-2;1-2;;;;;;;;/h11,22-23,26-30H,7-10,12-21H2,1-6H3;11,20-21,23-27H,7-10,12-19H2,1-6H3;4-12,24H,3H2,1-2H3;2-11,22H,1H3;4-7H,3H2,1-2H3;3H2,1-2H3;1-2H3;8*1H4/t23-,26+,27+,28+,29-,30+,32+,33-;21-,23+,24+,25+,26-,27+,28+,29-;;;;;;;;;;;;;/m11............./s1. The van der Waals surface area contributed by atoms with Crippen LogP contribution in [0.5, 0.6) is 40.2 Å². The minimum Gasteiger partial charge on any atom is -0.508 e. The van der Waals surface area contributed by atoms with E-state index in [4.69, 9.17) is 33.2 Å². The second kappa shape index (κ2) is 53.4. The van der Waals surface area contributed by atoms with Crippen molar-refractivity contribution in [3.63, 3.8) is 0 Å². The molecule has 14 heteroatoms. The number of hydrogen-bond acceptors (Lipinski definition) is 14. The molecule has 794 valence electrons. The van der Waals surface area contributed by atoms with Gasteiger partial charge < -0.3 is 43.4 Å². The number of aromatic hydroxyl groups is 2. The molecule has 0 amide bonds. The first-order valence-electron chi connectivity index (χ1n) is 52.5. The Bertz CT molecular complexity index is 5270. The number of esters is 3. The van der Waals surface area contributed by atoms with Crippen LogP contribution in [0.3, 0.4) is 0 Å². The van der Waals surface area contributed by atoms with Crippen LogP contribution in [0.25, 0.3) is 0 Å². The van der Waals surface area contributed by atoms with Crippen LogP contribution < -0.4 is 14.2 Å². The summed E-state index contributed by atoms with van der Waals surface area (Å²) in [7, 11) is 0. The zero-order valence-corrected chi connectivity index (χ0v) is 85.8. The Morgan fingerprint density at radius 2 is 0.909 bits per heavy atom. The molecule has 7 aromatic rings. The van der Waals surface area contributed by atoms with Crippen LogP contribution in [-0.4, -0.2) is 65.6 Å². The van der Waals surface area contributed by atoms with Crippen LogP contribution in [0, 0.1) is 113 Å². The van der Waals surface area contributed by atoms with Gasteiger partial charge in [0.05, 0.1) is 35.8 Å². The predicted octanol–water partition coefficient (Wildman–Crippen LogP) is 36.0. The maximum atomic E-state index is 12.8. The summed E-state index contributed by atoms with van der Waals surface area (Å²) in [5, 5.41) is 19.8. The number of rotatable bonds is 21. The van der Waals surface area contributed by atoms with E-state index < -0.39 is 11.2 Å². The molecule has 2 N–H and O–H groups in total. The normalized spacial score (nSPS) is 27.0. The van der Waals surface area contributed by atoms with E-state index in [0.29, 0.717) is 98.4 Å². The molecule has 14 nitrogen and oxygen atoms in total. The van der Waals surface area contributed by atoms with Crippen LogP contribution >= 0.6 is 0 Å². The number of aldehydes is 1. The molecule has 19 rings (SSSR count). The molecule has 8 aliphatic carbocycles. The molecular formula is C129H194O14. The van der Waals surface area contributed by atoms with Crippen molar-refractivity contribution in [2.75, 3.05) is 13.2 Å². The van der Waals surface area contributed by atoms with Gasteiger partial charge in [0.15, 0.2) is 17.5 Å². The fraction of sp³-hybridized carbons (Fsp3) is 0.605. The van der Waals surface area contributed by atoms with Gasteiger partial charge in [0.1, 0.15) is 52.1 Å². The van der Waals surface area contributed by atoms with E-state index in [0.717, 1.165) is 154 Å². The number of Topliss-reactive ketones (excluding diaryl/α,β-unsaturated/α-hetero) is 1. The molecular weight excluding hydrogens is 1770 g/mol. The van der Waals surface area contributed by atoms with Gasteiger partial charge in [-0.25, -0.2) is 9.59 Å². The number of hydrogen-bond donors (Lipinski definition) is 2. The quantitative estimate of drug-likeness (QED) is 0.0299. The second-order valence-electron chi connectivity index (χ2n) is 43.4. The van der Waals surface area contributed by atoms with E-state index in [1.54, 1.807) is 59.7 Å². The number of fused-ring (bicyclic) bond motifs is 22. The molecule has 6 fully saturated rings. The predicted molar refractivity (Wildman–Crippen MR) is 596 cm³/mol. The van der Waals surface area contributed by atoms with Gasteiger partial charge in [0.25, 0.3) is 0 Å². The minimum atomic E-state index is -1.07. The molecule has 18 atom stereocenters. The average molecular weight is 1970 g/mol. The van der Waals surface area contributed by atoms with E-state index in [-0.39, 0.29) is 113 Å². The smallest absolute Gasteiger partial charge is 0.340 e. The zero-order chi connectivity index (χ0) is 97.2. The molecule has 12 aliphatic rings. The van der Waals surface area contributed by atoms with Gasteiger partial charge in [-0.1, -0.05) is 305 Å². The van der Waals surface area contributed by atoms with Crippen molar-refractivity contribution in [1.29, 1.82) is 0 Å². The largest absolute Gasteiger partial charge is 0.508 e. The van der Waals surface area contributed by atoms with E-state index in [9.17, 15) is 34.2 Å². The van der Waals surface area contributed by atoms with Gasteiger partial charge in [-0.05, 0) is 307 Å². The Morgan fingerprint density at radius 3 is 1.36 bits per heavy atom. The van der Waals surface area contributed by atoms with Gasteiger partial charge >= 0.3 is 17.9 Å². The molecule has 0 aromatic heterocycles. The van der Waals surface area contributed by atoms with Crippen molar-refractivity contribution in [3.8, 4) is 40.2 Å². The molecule has 2 unspecified atom stereocenters. The van der Waals surface area contributed by atoms with Crippen molar-refractivity contribution in [2.45, 2.75) is 402 Å². The summed E-state index contributed by atoms with van der Waals surface area (Å²) in [6.07, 6.45) is 39.4. The van der Waals surface area contributed by atoms with E-state index in [2.05, 4.69) is 109 Å². The molecule has 6 saturated carbocycles. The Hall–Kier alpha value is -9.27. The first kappa shape index (κ1) is 124. The minimum absolute atomic E-state index is 0. The van der Waals surface area contributed by atoms with Crippen LogP contribution in [0.1, 0.15) is 438 Å². The van der Waals surface area contributed by atoms with Gasteiger partial charge in [0.2, 0.25) is 0 Å². The lowest BCUT2D eigenvalue weighted by atomic mass is 9.47. The number of ketones is 1. The first-order valence-corrected chi connectivity index (χ1v) is 52.5. The van der Waals surface area contributed by atoms with Crippen LogP contribution in [0.15, 0.2) is 157 Å². The van der Waals surface area contributed by atoms with E-state index in [1.165, 1.54) is 128 Å². The third-order valence-electron chi connectivity index (χ3n) is 34.2. The number of phenols is 2. The number of allylic oxidation sites excluding steroid dienone is 2. The summed E-state index contributed by atoms with van der Waals surface area (Å²) in [4.78, 5) is 60.0. The summed E-state index contributed by atoms with van der Waals surface area (Å²) in [5.74, 6) is 13.1. The number of ether oxygens (including phenoxy) is 7. The first-order chi connectivity index (χ1) is 64.7. The molecule has 0 radical (unpaired) electrons. The molecule has 0 bridgehead atoms. The summed E-state index contributed by atoms with van der Waals surface area (Å²) in [5.41, 5.74) is 13.6. The van der Waals surface area contributed by atoms with Crippen LogP contribution in [0.2, 0.25) is 0 Å². The maximum Gasteiger partial charge on any atom is 0.340 e. The van der Waals surface area contributed by atoms with Crippen molar-refractivity contribution in [2.24, 2.45) is 92.7 Å². The third-order valence-corrected chi connectivity index (χ3v) is 34.2. The van der Waals surface area contributed by atoms with Gasteiger partial charge in [0, 0.05) is 71.4 Å². The molecule has 143 heavy (non-hydrogen) atoms. The molecule has 0 saturated heterocycles. The highest BCUT2D eigenvalue weighted by Gasteiger charge is 2.63. The van der Waals surface area contributed by atoms with Crippen molar-refractivity contribution in [1.82, 2.24) is 0 Å². The third kappa shape index (κ3) is 25.2.